The maximum absolute atomic E-state index is 12.1. The summed E-state index contributed by atoms with van der Waals surface area (Å²) >= 11 is 0. The first-order valence-corrected chi connectivity index (χ1v) is 6.46. The van der Waals surface area contributed by atoms with Gasteiger partial charge in [0.05, 0.1) is 25.8 Å². The van der Waals surface area contributed by atoms with Crippen molar-refractivity contribution in [2.24, 2.45) is 0 Å². The lowest BCUT2D eigenvalue weighted by Crippen LogP contribution is -2.40. The molecule has 1 aromatic carbocycles. The van der Waals surface area contributed by atoms with Gasteiger partial charge in [0.2, 0.25) is 0 Å². The van der Waals surface area contributed by atoms with E-state index in [2.05, 4.69) is 0 Å². The Labute approximate surface area is 113 Å². The van der Waals surface area contributed by atoms with Gasteiger partial charge in [-0.3, -0.25) is 4.79 Å². The highest BCUT2D eigenvalue weighted by atomic mass is 16.5. The van der Waals surface area contributed by atoms with Gasteiger partial charge in [-0.25, -0.2) is 0 Å². The molecule has 0 aliphatic carbocycles. The van der Waals surface area contributed by atoms with Crippen molar-refractivity contribution in [2.75, 3.05) is 13.7 Å². The van der Waals surface area contributed by atoms with Crippen molar-refractivity contribution < 1.29 is 14.6 Å². The van der Waals surface area contributed by atoms with Gasteiger partial charge in [-0.1, -0.05) is 37.3 Å². The Balaban J connectivity index is 2.31. The molecule has 0 saturated heterocycles. The second-order valence-electron chi connectivity index (χ2n) is 4.53. The van der Waals surface area contributed by atoms with E-state index in [1.165, 1.54) is 6.08 Å². The van der Waals surface area contributed by atoms with Crippen molar-refractivity contribution >= 4 is 5.91 Å². The molecule has 4 nitrogen and oxygen atoms in total. The van der Waals surface area contributed by atoms with Gasteiger partial charge in [-0.15, -0.1) is 0 Å². The molecular weight excluding hydrogens is 242 g/mol. The Morgan fingerprint density at radius 2 is 2.05 bits per heavy atom. The van der Waals surface area contributed by atoms with Crippen LogP contribution in [0.3, 0.4) is 0 Å². The number of carbonyl (C=O) groups excluding carboxylic acids is 1. The molecule has 102 valence electrons. The third-order valence-corrected chi connectivity index (χ3v) is 3.50. The lowest BCUT2D eigenvalue weighted by Gasteiger charge is -2.33. The van der Waals surface area contributed by atoms with Crippen LogP contribution in [-0.2, 0) is 9.53 Å². The summed E-state index contributed by atoms with van der Waals surface area (Å²) in [6.45, 7) is 1.90. The summed E-state index contributed by atoms with van der Waals surface area (Å²) in [6, 6.07) is 9.14. The minimum Gasteiger partial charge on any atom is -0.499 e. The zero-order valence-corrected chi connectivity index (χ0v) is 11.2. The predicted molar refractivity (Wildman–Crippen MR) is 72.3 cm³/mol. The summed E-state index contributed by atoms with van der Waals surface area (Å²) in [4.78, 5) is 13.8. The molecule has 1 heterocycles. The summed E-state index contributed by atoms with van der Waals surface area (Å²) in [5.41, 5.74) is 0.933. The monoisotopic (exact) mass is 261 g/mol. The van der Waals surface area contributed by atoms with Gasteiger partial charge in [-0.2, -0.15) is 0 Å². The molecule has 0 aromatic heterocycles. The molecule has 1 N–H and O–H groups in total. The largest absolute Gasteiger partial charge is 0.499 e. The molecule has 0 radical (unpaired) electrons. The topological polar surface area (TPSA) is 49.8 Å². The van der Waals surface area contributed by atoms with Crippen LogP contribution in [0.2, 0.25) is 0 Å². The summed E-state index contributed by atoms with van der Waals surface area (Å²) in [5.74, 6) is 0.563. The number of rotatable bonds is 5. The number of benzene rings is 1. The van der Waals surface area contributed by atoms with E-state index in [1.807, 2.05) is 37.3 Å². The second-order valence-corrected chi connectivity index (χ2v) is 4.53. The molecule has 1 aliphatic heterocycles. The fraction of sp³-hybridized carbons (Fsp3) is 0.400. The number of aliphatic hydroxyl groups excluding tert-OH is 1. The first-order valence-electron chi connectivity index (χ1n) is 6.46. The van der Waals surface area contributed by atoms with Gasteiger partial charge in [-0.05, 0) is 12.0 Å². The smallest absolute Gasteiger partial charge is 0.251 e. The van der Waals surface area contributed by atoms with Gasteiger partial charge in [0.15, 0.2) is 0 Å². The molecular formula is C15H19NO3. The number of methoxy groups -OCH3 is 1. The third-order valence-electron chi connectivity index (χ3n) is 3.50. The molecule has 0 fully saturated rings. The summed E-state index contributed by atoms with van der Waals surface area (Å²) in [5, 5.41) is 9.67. The maximum atomic E-state index is 12.1. The van der Waals surface area contributed by atoms with Crippen LogP contribution in [0.15, 0.2) is 42.2 Å². The van der Waals surface area contributed by atoms with Crippen LogP contribution < -0.4 is 0 Å². The first kappa shape index (κ1) is 13.6. The third kappa shape index (κ3) is 2.49. The number of hydrogen-bond donors (Lipinski definition) is 1. The molecule has 0 unspecified atom stereocenters. The first-order chi connectivity index (χ1) is 9.22. The molecule has 0 spiro atoms. The van der Waals surface area contributed by atoms with Crippen molar-refractivity contribution in [3.8, 4) is 0 Å². The van der Waals surface area contributed by atoms with Crippen molar-refractivity contribution in [1.82, 2.24) is 4.90 Å². The van der Waals surface area contributed by atoms with Crippen LogP contribution in [-0.4, -0.2) is 35.7 Å². The molecule has 4 heteroatoms. The standard InChI is InChI=1S/C15H19NO3/c1-3-12-14(19-2)9-15(18)16(12)13(10-17)11-7-5-4-6-8-11/h4-9,12-13,17H,3,10H2,1-2H3/t12-,13+/m0/s1. The Morgan fingerprint density at radius 3 is 2.58 bits per heavy atom. The van der Waals surface area contributed by atoms with Crippen LogP contribution >= 0.6 is 0 Å². The van der Waals surface area contributed by atoms with Crippen LogP contribution in [0.4, 0.5) is 0 Å². The highest BCUT2D eigenvalue weighted by Crippen LogP contribution is 2.32. The zero-order valence-electron chi connectivity index (χ0n) is 11.2. The minimum atomic E-state index is -0.331. The van der Waals surface area contributed by atoms with E-state index >= 15 is 0 Å². The number of nitrogens with zero attached hydrogens (tertiary/aromatic N) is 1. The Morgan fingerprint density at radius 1 is 1.37 bits per heavy atom. The Bertz CT molecular complexity index is 470. The number of ether oxygens (including phenoxy) is 1. The van der Waals surface area contributed by atoms with Crippen molar-refractivity contribution in [2.45, 2.75) is 25.4 Å². The van der Waals surface area contributed by atoms with Gasteiger partial charge in [0.1, 0.15) is 5.76 Å². The van der Waals surface area contributed by atoms with Crippen LogP contribution in [0.25, 0.3) is 0 Å². The molecule has 0 bridgehead atoms. The maximum Gasteiger partial charge on any atom is 0.251 e. The van der Waals surface area contributed by atoms with E-state index in [-0.39, 0.29) is 24.6 Å². The van der Waals surface area contributed by atoms with E-state index in [0.29, 0.717) is 5.76 Å². The lowest BCUT2D eigenvalue weighted by molar-refractivity contribution is -0.130. The van der Waals surface area contributed by atoms with Crippen LogP contribution in [0, 0.1) is 0 Å². The average Bonchev–Trinajstić information content (AvgIpc) is 2.77. The molecule has 2 atom stereocenters. The second kappa shape index (κ2) is 5.89. The number of carbonyl (C=O) groups is 1. The van der Waals surface area contributed by atoms with E-state index < -0.39 is 0 Å². The summed E-state index contributed by atoms with van der Waals surface area (Å²) < 4.78 is 5.26. The van der Waals surface area contributed by atoms with E-state index in [0.717, 1.165) is 12.0 Å². The van der Waals surface area contributed by atoms with Crippen LogP contribution in [0.1, 0.15) is 24.9 Å². The van der Waals surface area contributed by atoms with Crippen LogP contribution in [0.5, 0.6) is 0 Å². The molecule has 1 aromatic rings. The SMILES string of the molecule is CC[C@H]1C(OC)=CC(=O)N1[C@H](CO)c1ccccc1. The van der Waals surface area contributed by atoms with Crippen molar-refractivity contribution in [3.63, 3.8) is 0 Å². The normalized spacial score (nSPS) is 20.4. The van der Waals surface area contributed by atoms with Crippen molar-refractivity contribution in [3.05, 3.63) is 47.7 Å². The quantitative estimate of drug-likeness (QED) is 0.880. The summed E-state index contributed by atoms with van der Waals surface area (Å²) in [6.07, 6.45) is 2.27. The lowest BCUT2D eigenvalue weighted by atomic mass is 10.0. The summed E-state index contributed by atoms with van der Waals surface area (Å²) in [7, 11) is 1.57. The fourth-order valence-corrected chi connectivity index (χ4v) is 2.58. The number of amides is 1. The molecule has 2 rings (SSSR count). The van der Waals surface area contributed by atoms with E-state index in [1.54, 1.807) is 12.0 Å². The number of hydrogen-bond acceptors (Lipinski definition) is 3. The average molecular weight is 261 g/mol. The van der Waals surface area contributed by atoms with E-state index in [4.69, 9.17) is 4.74 Å². The van der Waals surface area contributed by atoms with Gasteiger partial charge >= 0.3 is 0 Å². The molecule has 0 saturated carbocycles. The predicted octanol–water partition coefficient (Wildman–Crippen LogP) is 1.87. The van der Waals surface area contributed by atoms with Crippen molar-refractivity contribution in [1.29, 1.82) is 0 Å². The highest BCUT2D eigenvalue weighted by molar-refractivity contribution is 5.91. The van der Waals surface area contributed by atoms with E-state index in [9.17, 15) is 9.90 Å². The van der Waals surface area contributed by atoms with Gasteiger partial charge in [0, 0.05) is 6.08 Å². The number of aliphatic hydroxyl groups is 1. The minimum absolute atomic E-state index is 0.100. The highest BCUT2D eigenvalue weighted by Gasteiger charge is 2.37. The Hall–Kier alpha value is -1.81. The molecule has 19 heavy (non-hydrogen) atoms. The Kier molecular flexibility index (Phi) is 4.22. The molecule has 1 amide bonds. The molecule has 1 aliphatic rings. The fourth-order valence-electron chi connectivity index (χ4n) is 2.58. The zero-order chi connectivity index (χ0) is 13.8. The van der Waals surface area contributed by atoms with Gasteiger partial charge < -0.3 is 14.7 Å². The van der Waals surface area contributed by atoms with Gasteiger partial charge in [0.25, 0.3) is 5.91 Å².